The van der Waals surface area contributed by atoms with Gasteiger partial charge in [0.05, 0.1) is 23.9 Å². The highest BCUT2D eigenvalue weighted by Gasteiger charge is 2.08. The first-order valence-corrected chi connectivity index (χ1v) is 9.15. The van der Waals surface area contributed by atoms with Crippen LogP contribution < -0.4 is 10.1 Å². The molecule has 0 aliphatic carbocycles. The SMILES string of the molecule is CCNC(=NCCCOc1ccccc1)N(C)Cc1csc(C)n1.I. The largest absolute Gasteiger partial charge is 0.494 e. The number of hydrogen-bond donors (Lipinski definition) is 1. The van der Waals surface area contributed by atoms with E-state index in [0.717, 1.165) is 48.5 Å². The molecule has 0 saturated carbocycles. The van der Waals surface area contributed by atoms with Gasteiger partial charge < -0.3 is 15.0 Å². The van der Waals surface area contributed by atoms with E-state index in [1.54, 1.807) is 11.3 Å². The molecule has 0 radical (unpaired) electrons. The van der Waals surface area contributed by atoms with Crippen LogP contribution in [0.2, 0.25) is 0 Å². The Bertz CT molecular complexity index is 633. The van der Waals surface area contributed by atoms with E-state index in [1.807, 2.05) is 44.3 Å². The van der Waals surface area contributed by atoms with Crippen molar-refractivity contribution in [3.05, 3.63) is 46.4 Å². The van der Waals surface area contributed by atoms with Crippen molar-refractivity contribution in [3.8, 4) is 5.75 Å². The lowest BCUT2D eigenvalue weighted by Crippen LogP contribution is -2.38. The van der Waals surface area contributed by atoms with Crippen LogP contribution >= 0.6 is 35.3 Å². The smallest absolute Gasteiger partial charge is 0.194 e. The molecule has 5 nitrogen and oxygen atoms in total. The van der Waals surface area contributed by atoms with Crippen molar-refractivity contribution in [1.29, 1.82) is 0 Å². The zero-order valence-electron chi connectivity index (χ0n) is 15.1. The molecule has 0 amide bonds. The van der Waals surface area contributed by atoms with Crippen molar-refractivity contribution in [2.24, 2.45) is 4.99 Å². The average Bonchev–Trinajstić information content (AvgIpc) is 2.99. The summed E-state index contributed by atoms with van der Waals surface area (Å²) in [4.78, 5) is 11.3. The van der Waals surface area contributed by atoms with E-state index in [0.29, 0.717) is 6.61 Å². The Hall–Kier alpha value is -1.35. The zero-order valence-corrected chi connectivity index (χ0v) is 18.2. The number of nitrogens with zero attached hydrogens (tertiary/aromatic N) is 3. The highest BCUT2D eigenvalue weighted by molar-refractivity contribution is 14.0. The number of aryl methyl sites for hydroxylation is 1. The van der Waals surface area contributed by atoms with Gasteiger partial charge in [-0.25, -0.2) is 4.98 Å². The number of halogens is 1. The van der Waals surface area contributed by atoms with Crippen molar-refractivity contribution < 1.29 is 4.74 Å². The quantitative estimate of drug-likeness (QED) is 0.273. The average molecular weight is 474 g/mol. The van der Waals surface area contributed by atoms with Gasteiger partial charge >= 0.3 is 0 Å². The summed E-state index contributed by atoms with van der Waals surface area (Å²) in [5.74, 6) is 1.81. The van der Waals surface area contributed by atoms with E-state index in [1.165, 1.54) is 0 Å². The van der Waals surface area contributed by atoms with Crippen molar-refractivity contribution in [2.75, 3.05) is 26.7 Å². The summed E-state index contributed by atoms with van der Waals surface area (Å²) in [6, 6.07) is 9.88. The number of nitrogens with one attached hydrogen (secondary N) is 1. The Morgan fingerprint density at radius 2 is 2.08 bits per heavy atom. The Morgan fingerprint density at radius 3 is 2.72 bits per heavy atom. The minimum Gasteiger partial charge on any atom is -0.494 e. The molecule has 25 heavy (non-hydrogen) atoms. The second-order valence-corrected chi connectivity index (χ2v) is 6.53. The molecule has 138 valence electrons. The fourth-order valence-electron chi connectivity index (χ4n) is 2.22. The summed E-state index contributed by atoms with van der Waals surface area (Å²) in [6.07, 6.45) is 0.882. The second kappa shape index (κ2) is 12.1. The molecule has 1 heterocycles. The van der Waals surface area contributed by atoms with E-state index in [4.69, 9.17) is 4.74 Å². The Morgan fingerprint density at radius 1 is 1.32 bits per heavy atom. The molecular weight excluding hydrogens is 447 g/mol. The number of hydrogen-bond acceptors (Lipinski definition) is 4. The topological polar surface area (TPSA) is 49.8 Å². The van der Waals surface area contributed by atoms with Gasteiger partial charge in [0.25, 0.3) is 0 Å². The van der Waals surface area contributed by atoms with Crippen LogP contribution in [0, 0.1) is 6.92 Å². The maximum atomic E-state index is 5.69. The Labute approximate surface area is 171 Å². The summed E-state index contributed by atoms with van der Waals surface area (Å²) >= 11 is 1.68. The van der Waals surface area contributed by atoms with Gasteiger partial charge in [0.1, 0.15) is 5.75 Å². The van der Waals surface area contributed by atoms with Gasteiger partial charge in [0.15, 0.2) is 5.96 Å². The third-order valence-corrected chi connectivity index (χ3v) is 4.16. The van der Waals surface area contributed by atoms with Crippen LogP contribution in [0.25, 0.3) is 0 Å². The highest BCUT2D eigenvalue weighted by atomic mass is 127. The summed E-state index contributed by atoms with van der Waals surface area (Å²) in [7, 11) is 2.04. The van der Waals surface area contributed by atoms with Crippen LogP contribution in [0.15, 0.2) is 40.7 Å². The predicted molar refractivity (Wildman–Crippen MR) is 116 cm³/mol. The Balaban J connectivity index is 0.00000312. The van der Waals surface area contributed by atoms with Gasteiger partial charge in [-0.1, -0.05) is 18.2 Å². The van der Waals surface area contributed by atoms with Gasteiger partial charge in [0.2, 0.25) is 0 Å². The molecule has 0 atom stereocenters. The van der Waals surface area contributed by atoms with Crippen molar-refractivity contribution in [2.45, 2.75) is 26.8 Å². The number of ether oxygens (including phenoxy) is 1. The summed E-state index contributed by atoms with van der Waals surface area (Å²) in [5.41, 5.74) is 1.08. The number of benzene rings is 1. The predicted octanol–water partition coefficient (Wildman–Crippen LogP) is 3.94. The summed E-state index contributed by atoms with van der Waals surface area (Å²) < 4.78 is 5.69. The van der Waals surface area contributed by atoms with E-state index in [-0.39, 0.29) is 24.0 Å². The third kappa shape index (κ3) is 8.04. The first-order valence-electron chi connectivity index (χ1n) is 8.27. The summed E-state index contributed by atoms with van der Waals surface area (Å²) in [6.45, 7) is 7.11. The molecule has 0 unspecified atom stereocenters. The maximum Gasteiger partial charge on any atom is 0.194 e. The van der Waals surface area contributed by atoms with Crippen LogP contribution in [-0.4, -0.2) is 42.6 Å². The van der Waals surface area contributed by atoms with Crippen LogP contribution in [0.3, 0.4) is 0 Å². The van der Waals surface area contributed by atoms with Crippen LogP contribution in [0.5, 0.6) is 5.75 Å². The lowest BCUT2D eigenvalue weighted by atomic mass is 10.3. The standard InChI is InChI=1S/C18H26N4OS.HI/c1-4-19-18(22(3)13-16-14-24-15(2)21-16)20-11-8-12-23-17-9-6-5-7-10-17;/h5-7,9-10,14H,4,8,11-13H2,1-3H3,(H,19,20);1H. The minimum absolute atomic E-state index is 0. The lowest BCUT2D eigenvalue weighted by molar-refractivity contribution is 0.313. The molecule has 1 aromatic heterocycles. The monoisotopic (exact) mass is 474 g/mol. The highest BCUT2D eigenvalue weighted by Crippen LogP contribution is 2.10. The van der Waals surface area contributed by atoms with Crippen LogP contribution in [0.4, 0.5) is 0 Å². The molecule has 0 saturated heterocycles. The van der Waals surface area contributed by atoms with Gasteiger partial charge in [0, 0.05) is 31.9 Å². The van der Waals surface area contributed by atoms with Gasteiger partial charge in [-0.3, -0.25) is 4.99 Å². The normalized spacial score (nSPS) is 10.9. The molecule has 0 aliphatic heterocycles. The first kappa shape index (κ1) is 21.7. The number of para-hydroxylation sites is 1. The molecule has 1 aromatic carbocycles. The maximum absolute atomic E-state index is 5.69. The number of guanidine groups is 1. The molecule has 0 bridgehead atoms. The molecule has 7 heteroatoms. The van der Waals surface area contributed by atoms with Gasteiger partial charge in [-0.05, 0) is 26.0 Å². The minimum atomic E-state index is 0. The van der Waals surface area contributed by atoms with E-state index < -0.39 is 0 Å². The molecular formula is C18H27IN4OS. The molecule has 0 aliphatic rings. The molecule has 2 rings (SSSR count). The number of thiazole rings is 1. The van der Waals surface area contributed by atoms with Gasteiger partial charge in [-0.2, -0.15) is 0 Å². The lowest BCUT2D eigenvalue weighted by Gasteiger charge is -2.21. The fraction of sp³-hybridized carbons (Fsp3) is 0.444. The van der Waals surface area contributed by atoms with E-state index in [2.05, 4.69) is 32.5 Å². The first-order chi connectivity index (χ1) is 11.7. The number of rotatable bonds is 8. The van der Waals surface area contributed by atoms with Crippen LogP contribution in [0.1, 0.15) is 24.0 Å². The summed E-state index contributed by atoms with van der Waals surface area (Å²) in [5, 5.41) is 6.52. The van der Waals surface area contributed by atoms with E-state index in [9.17, 15) is 0 Å². The molecule has 1 N–H and O–H groups in total. The van der Waals surface area contributed by atoms with Crippen molar-refractivity contribution in [1.82, 2.24) is 15.2 Å². The molecule has 0 spiro atoms. The Kier molecular flexibility index (Phi) is 10.5. The number of aromatic nitrogens is 1. The zero-order chi connectivity index (χ0) is 17.2. The molecule has 2 aromatic rings. The second-order valence-electron chi connectivity index (χ2n) is 5.46. The third-order valence-electron chi connectivity index (χ3n) is 3.34. The van der Waals surface area contributed by atoms with Crippen molar-refractivity contribution in [3.63, 3.8) is 0 Å². The molecule has 0 fully saturated rings. The van der Waals surface area contributed by atoms with Crippen LogP contribution in [-0.2, 0) is 6.54 Å². The van der Waals surface area contributed by atoms with E-state index >= 15 is 0 Å². The number of aliphatic imine (C=N–C) groups is 1. The van der Waals surface area contributed by atoms with Crippen molar-refractivity contribution >= 4 is 41.3 Å². The van der Waals surface area contributed by atoms with Gasteiger partial charge in [-0.15, -0.1) is 35.3 Å². The fourth-order valence-corrected chi connectivity index (χ4v) is 2.83.